The van der Waals surface area contributed by atoms with Crippen molar-refractivity contribution in [2.24, 2.45) is 0 Å². The van der Waals surface area contributed by atoms with E-state index in [1.165, 1.54) is 18.3 Å². The summed E-state index contributed by atoms with van der Waals surface area (Å²) >= 11 is 11.7. The van der Waals surface area contributed by atoms with Crippen molar-refractivity contribution in [1.29, 1.82) is 0 Å². The van der Waals surface area contributed by atoms with Crippen LogP contribution in [0.4, 0.5) is 14.5 Å². The van der Waals surface area contributed by atoms with Crippen LogP contribution in [-0.2, 0) is 0 Å². The molecule has 0 saturated carbocycles. The summed E-state index contributed by atoms with van der Waals surface area (Å²) in [5, 5.41) is 3.39. The van der Waals surface area contributed by atoms with Crippen molar-refractivity contribution >= 4 is 40.9 Å². The van der Waals surface area contributed by atoms with Crippen molar-refractivity contribution in [3.63, 3.8) is 0 Å². The quantitative estimate of drug-likeness (QED) is 0.396. The first-order valence-corrected chi connectivity index (χ1v) is 11.2. The molecule has 0 atom stereocenters. The van der Waals surface area contributed by atoms with Crippen molar-refractivity contribution in [2.45, 2.75) is 12.5 Å². The van der Waals surface area contributed by atoms with Crippen LogP contribution in [-0.4, -0.2) is 41.0 Å². The lowest BCUT2D eigenvalue weighted by Crippen LogP contribution is -2.63. The molecule has 1 aliphatic rings. The summed E-state index contributed by atoms with van der Waals surface area (Å²) in [6.07, 6.45) is 5.42. The van der Waals surface area contributed by atoms with Crippen molar-refractivity contribution in [2.75, 3.05) is 25.0 Å². The fourth-order valence-corrected chi connectivity index (χ4v) is 4.02. The Hall–Kier alpha value is -3.00. The van der Waals surface area contributed by atoms with Gasteiger partial charge in [-0.15, -0.1) is 0 Å². The molecule has 9 heteroatoms. The highest BCUT2D eigenvalue weighted by Crippen LogP contribution is 2.34. The standard InChI is InChI=1S/C25H21Cl2F2N3O2/c1-25(14-32(15-25)10-2-3-16-4-6-18(26)7-5-16)34-22-13-20(29)19(28)12-21(22)31-24(33)17-8-9-30-23(27)11-17/h2-9,11-13H,10,14-15H2,1H3,(H,31,33). The third-order valence-corrected chi connectivity index (χ3v) is 5.73. The van der Waals surface area contributed by atoms with Crippen LogP contribution in [0.15, 0.2) is 60.8 Å². The van der Waals surface area contributed by atoms with E-state index >= 15 is 0 Å². The van der Waals surface area contributed by atoms with Gasteiger partial charge in [0.1, 0.15) is 16.5 Å². The van der Waals surface area contributed by atoms with Crippen LogP contribution < -0.4 is 10.1 Å². The predicted molar refractivity (Wildman–Crippen MR) is 130 cm³/mol. The smallest absolute Gasteiger partial charge is 0.255 e. The van der Waals surface area contributed by atoms with Crippen LogP contribution in [0, 0.1) is 11.6 Å². The van der Waals surface area contributed by atoms with Crippen LogP contribution >= 0.6 is 23.2 Å². The van der Waals surface area contributed by atoms with Crippen LogP contribution in [0.5, 0.6) is 5.75 Å². The molecule has 0 bridgehead atoms. The molecule has 1 fully saturated rings. The lowest BCUT2D eigenvalue weighted by atomic mass is 9.96. The summed E-state index contributed by atoms with van der Waals surface area (Å²) < 4.78 is 33.9. The van der Waals surface area contributed by atoms with E-state index in [9.17, 15) is 13.6 Å². The molecule has 2 heterocycles. The van der Waals surface area contributed by atoms with E-state index in [1.54, 1.807) is 0 Å². The third kappa shape index (κ3) is 5.91. The number of ether oxygens (including phenoxy) is 1. The lowest BCUT2D eigenvalue weighted by Gasteiger charge is -2.47. The number of benzene rings is 2. The normalized spacial score (nSPS) is 15.2. The van der Waals surface area contributed by atoms with Gasteiger partial charge in [0.05, 0.1) is 5.69 Å². The van der Waals surface area contributed by atoms with Gasteiger partial charge in [0, 0.05) is 48.5 Å². The fourth-order valence-electron chi connectivity index (χ4n) is 3.72. The molecule has 0 radical (unpaired) electrons. The molecule has 0 aliphatic carbocycles. The van der Waals surface area contributed by atoms with E-state index < -0.39 is 23.1 Å². The minimum Gasteiger partial charge on any atom is -0.483 e. The van der Waals surface area contributed by atoms with Crippen LogP contribution in [0.25, 0.3) is 6.08 Å². The monoisotopic (exact) mass is 503 g/mol. The van der Waals surface area contributed by atoms with Gasteiger partial charge in [0.2, 0.25) is 0 Å². The average molecular weight is 504 g/mol. The minimum atomic E-state index is -1.09. The molecule has 34 heavy (non-hydrogen) atoms. The van der Waals surface area contributed by atoms with Crippen LogP contribution in [0.3, 0.4) is 0 Å². The maximum atomic E-state index is 14.0. The zero-order valence-electron chi connectivity index (χ0n) is 18.2. The molecule has 0 unspecified atom stereocenters. The van der Waals surface area contributed by atoms with Gasteiger partial charge in [-0.3, -0.25) is 9.69 Å². The predicted octanol–water partition coefficient (Wildman–Crippen LogP) is 6.09. The zero-order chi connectivity index (χ0) is 24.3. The highest BCUT2D eigenvalue weighted by Gasteiger charge is 2.41. The van der Waals surface area contributed by atoms with Gasteiger partial charge < -0.3 is 10.1 Å². The topological polar surface area (TPSA) is 54.5 Å². The summed E-state index contributed by atoms with van der Waals surface area (Å²) in [5.74, 6) is -2.66. The summed E-state index contributed by atoms with van der Waals surface area (Å²) in [7, 11) is 0. The van der Waals surface area contributed by atoms with Crippen molar-refractivity contribution in [1.82, 2.24) is 9.88 Å². The molecule has 0 spiro atoms. The number of nitrogens with zero attached hydrogens (tertiary/aromatic N) is 2. The molecule has 2 aromatic carbocycles. The van der Waals surface area contributed by atoms with Crippen LogP contribution in [0.1, 0.15) is 22.8 Å². The average Bonchev–Trinajstić information content (AvgIpc) is 2.77. The van der Waals surface area contributed by atoms with Gasteiger partial charge in [-0.1, -0.05) is 47.5 Å². The summed E-state index contributed by atoms with van der Waals surface area (Å²) in [4.78, 5) is 18.5. The zero-order valence-corrected chi connectivity index (χ0v) is 19.7. The second-order valence-corrected chi connectivity index (χ2v) is 9.08. The minimum absolute atomic E-state index is 0.0270. The molecular weight excluding hydrogens is 483 g/mol. The lowest BCUT2D eigenvalue weighted by molar-refractivity contribution is -0.0571. The van der Waals surface area contributed by atoms with Crippen molar-refractivity contribution in [3.8, 4) is 5.75 Å². The van der Waals surface area contributed by atoms with E-state index in [2.05, 4.69) is 15.2 Å². The first kappa shape index (κ1) is 24.1. The van der Waals surface area contributed by atoms with Crippen LogP contribution in [0.2, 0.25) is 10.2 Å². The maximum Gasteiger partial charge on any atom is 0.255 e. The number of amides is 1. The van der Waals surface area contributed by atoms with E-state index in [4.69, 9.17) is 27.9 Å². The molecule has 4 rings (SSSR count). The van der Waals surface area contributed by atoms with Gasteiger partial charge >= 0.3 is 0 Å². The maximum absolute atomic E-state index is 14.0. The first-order chi connectivity index (χ1) is 16.2. The number of carbonyl (C=O) groups excluding carboxylic acids is 1. The Balaban J connectivity index is 1.40. The third-order valence-electron chi connectivity index (χ3n) is 5.28. The number of rotatable bonds is 7. The highest BCUT2D eigenvalue weighted by molar-refractivity contribution is 6.30. The van der Waals surface area contributed by atoms with Gasteiger partial charge in [0.25, 0.3) is 5.91 Å². The molecule has 5 nitrogen and oxygen atoms in total. The van der Waals surface area contributed by atoms with Gasteiger partial charge in [-0.2, -0.15) is 0 Å². The largest absolute Gasteiger partial charge is 0.483 e. The van der Waals surface area contributed by atoms with Crippen molar-refractivity contribution < 1.29 is 18.3 Å². The number of hydrogen-bond donors (Lipinski definition) is 1. The Morgan fingerprint density at radius 1 is 1.15 bits per heavy atom. The first-order valence-electron chi connectivity index (χ1n) is 10.5. The number of pyridine rings is 1. The van der Waals surface area contributed by atoms with E-state index in [-0.39, 0.29) is 22.2 Å². The molecule has 1 aromatic heterocycles. The molecule has 3 aromatic rings. The Morgan fingerprint density at radius 2 is 1.85 bits per heavy atom. The number of halogens is 4. The number of carbonyl (C=O) groups is 1. The molecule has 1 N–H and O–H groups in total. The summed E-state index contributed by atoms with van der Waals surface area (Å²) in [6, 6.07) is 12.2. The molecule has 1 amide bonds. The number of nitrogens with one attached hydrogen (secondary N) is 1. The van der Waals surface area contributed by atoms with Gasteiger partial charge in [-0.25, -0.2) is 13.8 Å². The number of aromatic nitrogens is 1. The molecule has 1 aliphatic heterocycles. The SMILES string of the molecule is CC1(Oc2cc(F)c(F)cc2NC(=O)c2ccnc(Cl)c2)CN(CC=Cc2ccc(Cl)cc2)C1. The summed E-state index contributed by atoms with van der Waals surface area (Å²) in [6.45, 7) is 3.72. The Labute approximate surface area is 206 Å². The fraction of sp³-hybridized carbons (Fsp3) is 0.200. The number of anilines is 1. The van der Waals surface area contributed by atoms with Gasteiger partial charge in [0.15, 0.2) is 11.6 Å². The van der Waals surface area contributed by atoms with E-state index in [0.717, 1.165) is 17.7 Å². The second-order valence-electron chi connectivity index (χ2n) is 8.26. The molecular formula is C25H21Cl2F2N3O2. The number of hydrogen-bond acceptors (Lipinski definition) is 4. The Morgan fingerprint density at radius 3 is 2.56 bits per heavy atom. The van der Waals surface area contributed by atoms with E-state index in [0.29, 0.717) is 24.7 Å². The highest BCUT2D eigenvalue weighted by atomic mass is 35.5. The summed E-state index contributed by atoms with van der Waals surface area (Å²) in [5.41, 5.74) is 0.669. The van der Waals surface area contributed by atoms with Crippen molar-refractivity contribution in [3.05, 3.63) is 93.7 Å². The molecule has 176 valence electrons. The van der Waals surface area contributed by atoms with Gasteiger partial charge in [-0.05, 0) is 36.8 Å². The number of likely N-dealkylation sites (tertiary alicyclic amines) is 1. The Kier molecular flexibility index (Phi) is 7.16. The molecule has 1 saturated heterocycles. The second kappa shape index (κ2) is 10.1. The Bertz CT molecular complexity index is 1230. The van der Waals surface area contributed by atoms with E-state index in [1.807, 2.05) is 43.3 Å².